The number of nitrogens with zero attached hydrogens (tertiary/aromatic N) is 1. The Bertz CT molecular complexity index is 906. The van der Waals surface area contributed by atoms with Gasteiger partial charge in [-0.3, -0.25) is 19.0 Å². The number of nitrogens with two attached hydrogens (primary N) is 1. The molecule has 1 aromatic heterocycles. The Morgan fingerprint density at radius 2 is 1.92 bits per heavy atom. The first-order chi connectivity index (χ1) is 11.4. The van der Waals surface area contributed by atoms with Gasteiger partial charge < -0.3 is 10.5 Å². The van der Waals surface area contributed by atoms with Crippen LogP contribution < -0.4 is 16.0 Å². The number of thioether (sulfide) groups is 1. The number of hydrogen-bond donors (Lipinski definition) is 1. The third kappa shape index (κ3) is 2.87. The van der Waals surface area contributed by atoms with Crippen LogP contribution in [-0.4, -0.2) is 16.4 Å². The summed E-state index contributed by atoms with van der Waals surface area (Å²) in [4.78, 5) is 36.2. The van der Waals surface area contributed by atoms with E-state index in [2.05, 4.69) is 15.9 Å². The fourth-order valence-electron chi connectivity index (χ4n) is 2.64. The number of fused-ring (bicyclic) bond motifs is 1. The van der Waals surface area contributed by atoms with E-state index in [1.165, 1.54) is 11.5 Å². The quantitative estimate of drug-likeness (QED) is 0.786. The van der Waals surface area contributed by atoms with Crippen molar-refractivity contribution < 1.29 is 14.3 Å². The van der Waals surface area contributed by atoms with Crippen LogP contribution >= 0.6 is 27.7 Å². The highest BCUT2D eigenvalue weighted by Crippen LogP contribution is 2.38. The first kappa shape index (κ1) is 16.8. The first-order valence-corrected chi connectivity index (χ1v) is 8.97. The van der Waals surface area contributed by atoms with Crippen molar-refractivity contribution in [2.75, 3.05) is 0 Å². The third-order valence-electron chi connectivity index (χ3n) is 3.60. The number of aromatic nitrogens is 1. The van der Waals surface area contributed by atoms with Crippen molar-refractivity contribution >= 4 is 39.6 Å². The molecule has 2 heterocycles. The number of benzene rings is 1. The van der Waals surface area contributed by atoms with Crippen LogP contribution in [0.25, 0.3) is 5.69 Å². The van der Waals surface area contributed by atoms with Crippen LogP contribution in [-0.2, 0) is 16.3 Å². The summed E-state index contributed by atoms with van der Waals surface area (Å²) < 4.78 is 7.51. The number of carbonyl (C=O) groups excluding carboxylic acids is 2. The predicted molar refractivity (Wildman–Crippen MR) is 94.6 cm³/mol. The average Bonchev–Trinajstić information content (AvgIpc) is 2.97. The molecule has 0 fully saturated rings. The second-order valence-corrected chi connectivity index (χ2v) is 7.10. The Morgan fingerprint density at radius 1 is 1.25 bits per heavy atom. The molecule has 0 aliphatic carbocycles. The largest absolute Gasteiger partial charge is 0.425 e. The Labute approximate surface area is 150 Å². The van der Waals surface area contributed by atoms with Crippen LogP contribution in [0, 0.1) is 0 Å². The van der Waals surface area contributed by atoms with Gasteiger partial charge in [0.15, 0.2) is 5.75 Å². The number of hydrogen-bond acceptors (Lipinski definition) is 5. The number of amides is 1. The molecule has 1 aromatic carbocycles. The van der Waals surface area contributed by atoms with Gasteiger partial charge in [0, 0.05) is 39.8 Å². The van der Waals surface area contributed by atoms with Crippen LogP contribution in [0.5, 0.6) is 5.75 Å². The van der Waals surface area contributed by atoms with E-state index >= 15 is 0 Å². The average molecular weight is 409 g/mol. The second kappa shape index (κ2) is 6.45. The zero-order valence-corrected chi connectivity index (χ0v) is 15.1. The number of ether oxygens (including phenoxy) is 1. The number of esters is 1. The standard InChI is InChI=1S/C16H13BrN2O4S/c1-8(20)23-14-11-6-24-7-12(11)19(16(22)13(14)15(18)21)10-4-2-9(17)3-5-10/h2-5H,6-7H2,1H3,(H2,18,21). The zero-order valence-electron chi connectivity index (χ0n) is 12.7. The van der Waals surface area contributed by atoms with Crippen LogP contribution in [0.4, 0.5) is 0 Å². The van der Waals surface area contributed by atoms with Gasteiger partial charge in [0.2, 0.25) is 0 Å². The molecule has 1 aliphatic heterocycles. The van der Waals surface area contributed by atoms with Crippen molar-refractivity contribution in [1.82, 2.24) is 4.57 Å². The smallest absolute Gasteiger partial charge is 0.308 e. The lowest BCUT2D eigenvalue weighted by Crippen LogP contribution is -2.32. The zero-order chi connectivity index (χ0) is 17.4. The van der Waals surface area contributed by atoms with Crippen molar-refractivity contribution in [1.29, 1.82) is 0 Å². The molecule has 0 saturated carbocycles. The molecule has 0 radical (unpaired) electrons. The molecule has 0 atom stereocenters. The van der Waals surface area contributed by atoms with Crippen LogP contribution in [0.15, 0.2) is 33.5 Å². The Hall–Kier alpha value is -2.06. The summed E-state index contributed by atoms with van der Waals surface area (Å²) in [5.74, 6) is -0.407. The highest BCUT2D eigenvalue weighted by Gasteiger charge is 2.30. The molecule has 0 bridgehead atoms. The summed E-state index contributed by atoms with van der Waals surface area (Å²) in [7, 11) is 0. The van der Waals surface area contributed by atoms with E-state index in [4.69, 9.17) is 10.5 Å². The van der Waals surface area contributed by atoms with Crippen LogP contribution in [0.1, 0.15) is 28.5 Å². The van der Waals surface area contributed by atoms with Gasteiger partial charge in [-0.2, -0.15) is 11.8 Å². The molecule has 24 heavy (non-hydrogen) atoms. The van der Waals surface area contributed by atoms with Gasteiger partial charge in [-0.15, -0.1) is 0 Å². The molecule has 0 unspecified atom stereocenters. The highest BCUT2D eigenvalue weighted by atomic mass is 79.9. The Morgan fingerprint density at radius 3 is 2.50 bits per heavy atom. The summed E-state index contributed by atoms with van der Waals surface area (Å²) in [6.07, 6.45) is 0. The molecule has 124 valence electrons. The summed E-state index contributed by atoms with van der Waals surface area (Å²) >= 11 is 4.93. The van der Waals surface area contributed by atoms with Gasteiger partial charge in [-0.05, 0) is 24.3 Å². The third-order valence-corrected chi connectivity index (χ3v) is 5.10. The molecule has 1 amide bonds. The van der Waals surface area contributed by atoms with Gasteiger partial charge in [-0.1, -0.05) is 15.9 Å². The predicted octanol–water partition coefficient (Wildman–Crippen LogP) is 2.37. The molecule has 0 saturated heterocycles. The molecule has 8 heteroatoms. The van der Waals surface area contributed by atoms with Crippen molar-refractivity contribution in [3.63, 3.8) is 0 Å². The molecule has 0 spiro atoms. The highest BCUT2D eigenvalue weighted by molar-refractivity contribution is 9.10. The number of primary amides is 1. The lowest BCUT2D eigenvalue weighted by Gasteiger charge is -2.17. The van der Waals surface area contributed by atoms with Gasteiger partial charge in [0.1, 0.15) is 5.56 Å². The molecule has 2 aromatic rings. The van der Waals surface area contributed by atoms with Crippen LogP contribution in [0.3, 0.4) is 0 Å². The monoisotopic (exact) mass is 408 g/mol. The normalized spacial score (nSPS) is 12.8. The van der Waals surface area contributed by atoms with Gasteiger partial charge in [0.25, 0.3) is 11.5 Å². The number of halogens is 1. The minimum Gasteiger partial charge on any atom is -0.425 e. The maximum atomic E-state index is 12.9. The molecule has 6 nitrogen and oxygen atoms in total. The van der Waals surface area contributed by atoms with Crippen molar-refractivity contribution in [2.24, 2.45) is 5.73 Å². The second-order valence-electron chi connectivity index (χ2n) is 5.20. The minimum atomic E-state index is -0.915. The van der Waals surface area contributed by atoms with E-state index in [-0.39, 0.29) is 11.3 Å². The summed E-state index contributed by atoms with van der Waals surface area (Å²) in [5.41, 5.74) is 6.52. The fourth-order valence-corrected chi connectivity index (χ4v) is 4.00. The van der Waals surface area contributed by atoms with E-state index in [1.807, 2.05) is 0 Å². The van der Waals surface area contributed by atoms with E-state index in [0.29, 0.717) is 28.5 Å². The lowest BCUT2D eigenvalue weighted by molar-refractivity contribution is -0.131. The van der Waals surface area contributed by atoms with Crippen molar-refractivity contribution in [2.45, 2.75) is 18.4 Å². The fraction of sp³-hybridized carbons (Fsp3) is 0.188. The molecule has 1 aliphatic rings. The van der Waals surface area contributed by atoms with E-state index in [0.717, 1.165) is 4.47 Å². The maximum absolute atomic E-state index is 12.9. The summed E-state index contributed by atoms with van der Waals surface area (Å²) in [5, 5.41) is 0. The molecular formula is C16H13BrN2O4S. The lowest BCUT2D eigenvalue weighted by atomic mass is 10.1. The maximum Gasteiger partial charge on any atom is 0.308 e. The molecule has 2 N–H and O–H groups in total. The number of carbonyl (C=O) groups is 2. The number of pyridine rings is 1. The van der Waals surface area contributed by atoms with E-state index in [9.17, 15) is 14.4 Å². The van der Waals surface area contributed by atoms with Crippen molar-refractivity contribution in [3.8, 4) is 11.4 Å². The molecular weight excluding hydrogens is 396 g/mol. The van der Waals surface area contributed by atoms with E-state index in [1.54, 1.807) is 36.0 Å². The summed E-state index contributed by atoms with van der Waals surface area (Å²) in [6.45, 7) is 1.22. The summed E-state index contributed by atoms with van der Waals surface area (Å²) in [6, 6.07) is 7.15. The first-order valence-electron chi connectivity index (χ1n) is 7.02. The van der Waals surface area contributed by atoms with Gasteiger partial charge in [0.05, 0.1) is 0 Å². The SMILES string of the molecule is CC(=O)Oc1c2c(n(-c3ccc(Br)cc3)c(=O)c1C(N)=O)CSC2. The van der Waals surface area contributed by atoms with Gasteiger partial charge in [-0.25, -0.2) is 0 Å². The van der Waals surface area contributed by atoms with E-state index < -0.39 is 17.4 Å². The van der Waals surface area contributed by atoms with Gasteiger partial charge >= 0.3 is 5.97 Å². The minimum absolute atomic E-state index is 0.00615. The number of rotatable bonds is 3. The Balaban J connectivity index is 2.36. The topological polar surface area (TPSA) is 91.4 Å². The Kier molecular flexibility index (Phi) is 4.51. The van der Waals surface area contributed by atoms with Crippen LogP contribution in [0.2, 0.25) is 0 Å². The van der Waals surface area contributed by atoms with Crippen molar-refractivity contribution in [3.05, 3.63) is 55.9 Å². The molecule has 3 rings (SSSR count).